The second-order valence-electron chi connectivity index (χ2n) is 18.1. The predicted octanol–water partition coefficient (Wildman–Crippen LogP) is 6.63. The number of carboxylic acids is 1. The first-order valence-corrected chi connectivity index (χ1v) is 22.6. The van der Waals surface area contributed by atoms with E-state index < -0.39 is 71.7 Å². The molecule has 14 heteroatoms. The average Bonchev–Trinajstić information content (AvgIpc) is 3.24. The number of ether oxygens (including phenoxy) is 5. The summed E-state index contributed by atoms with van der Waals surface area (Å²) in [5, 5.41) is 20.8. The standard InChI is InChI=1S/C48H71NO13/c1-9-35-25-29(2)24-30(3)26-39(58-7)44-40(59-8)28-33(6)48(57,62-44)45(54)46(55)49-23-13-12-14-37(49)47(56)61-43(31(4)17-22-38(35)50)32(5)27-34-18-20-36(21-19-34)60-42(53)16-11-10-15-41(51)52/h10,15,17,22,25,27,30-31,33-37,39-40,43-44,57H,9,11-14,16,18-21,23-24,26,28H2,1-8H3,(H,51,52)/b15-10+,22-17+,29-25+,32-27+/t30-,31+,33+,34-,35+,36-,37-,39-,40-,43-,44+,48+/m0/s1. The van der Waals surface area contributed by atoms with Crippen molar-refractivity contribution >= 4 is 35.4 Å². The monoisotopic (exact) mass is 869 g/mol. The number of Topliss-reactive ketones (excluding diaryl/α,β-unsaturated/α-hetero) is 1. The molecular weight excluding hydrogens is 799 g/mol. The van der Waals surface area contributed by atoms with E-state index >= 15 is 0 Å². The summed E-state index contributed by atoms with van der Waals surface area (Å²) >= 11 is 0. The summed E-state index contributed by atoms with van der Waals surface area (Å²) in [7, 11) is 3.07. The number of cyclic esters (lactones) is 1. The van der Waals surface area contributed by atoms with Crippen molar-refractivity contribution < 1.29 is 62.7 Å². The summed E-state index contributed by atoms with van der Waals surface area (Å²) in [6, 6.07) is -1.10. The number of ketones is 2. The summed E-state index contributed by atoms with van der Waals surface area (Å²) in [5.41, 5.74) is 1.79. The van der Waals surface area contributed by atoms with Crippen molar-refractivity contribution in [2.24, 2.45) is 29.6 Å². The number of rotatable bonds is 10. The van der Waals surface area contributed by atoms with Gasteiger partial charge < -0.3 is 38.8 Å². The van der Waals surface area contributed by atoms with E-state index in [4.69, 9.17) is 28.8 Å². The Kier molecular flexibility index (Phi) is 19.3. The fourth-order valence-corrected chi connectivity index (χ4v) is 9.53. The largest absolute Gasteiger partial charge is 0.478 e. The third-order valence-electron chi connectivity index (χ3n) is 13.1. The molecule has 0 aromatic carbocycles. The summed E-state index contributed by atoms with van der Waals surface area (Å²) in [4.78, 5) is 80.9. The zero-order valence-corrected chi connectivity index (χ0v) is 38.0. The van der Waals surface area contributed by atoms with Crippen LogP contribution in [0.5, 0.6) is 0 Å². The molecule has 3 aliphatic heterocycles. The maximum Gasteiger partial charge on any atom is 0.329 e. The number of hydrogen-bond donors (Lipinski definition) is 2. The van der Waals surface area contributed by atoms with Crippen LogP contribution >= 0.6 is 0 Å². The van der Waals surface area contributed by atoms with Crippen molar-refractivity contribution in [1.29, 1.82) is 0 Å². The van der Waals surface area contributed by atoms with Gasteiger partial charge in [-0.15, -0.1) is 0 Å². The third-order valence-corrected chi connectivity index (χ3v) is 13.1. The molecule has 3 fully saturated rings. The van der Waals surface area contributed by atoms with Crippen LogP contribution in [0, 0.1) is 29.6 Å². The molecule has 0 aromatic rings. The molecule has 14 nitrogen and oxygen atoms in total. The smallest absolute Gasteiger partial charge is 0.329 e. The first-order chi connectivity index (χ1) is 29.4. The highest BCUT2D eigenvalue weighted by Gasteiger charge is 2.56. The molecule has 2 N–H and O–H groups in total. The number of allylic oxidation sites excluding steroid dienone is 5. The highest BCUT2D eigenvalue weighted by Crippen LogP contribution is 2.39. The number of fused-ring (bicyclic) bond motifs is 3. The number of carbonyl (C=O) groups is 6. The van der Waals surface area contributed by atoms with E-state index in [-0.39, 0.29) is 67.8 Å². The van der Waals surface area contributed by atoms with E-state index in [1.54, 1.807) is 19.1 Å². The predicted molar refractivity (Wildman–Crippen MR) is 230 cm³/mol. The van der Waals surface area contributed by atoms with Crippen LogP contribution in [0.15, 0.2) is 47.6 Å². The number of piperidine rings is 1. The number of esters is 2. The number of hydrogen-bond acceptors (Lipinski definition) is 12. The number of carbonyl (C=O) groups excluding carboxylic acids is 5. The van der Waals surface area contributed by atoms with Gasteiger partial charge in [-0.1, -0.05) is 57.6 Å². The molecule has 4 aliphatic rings. The number of aliphatic hydroxyl groups is 1. The maximum atomic E-state index is 14.3. The van der Waals surface area contributed by atoms with Gasteiger partial charge in [0.2, 0.25) is 5.79 Å². The Morgan fingerprint density at radius 1 is 0.984 bits per heavy atom. The van der Waals surface area contributed by atoms with Gasteiger partial charge in [0.15, 0.2) is 5.78 Å². The minimum absolute atomic E-state index is 0.0525. The minimum Gasteiger partial charge on any atom is -0.478 e. The Morgan fingerprint density at radius 2 is 1.66 bits per heavy atom. The van der Waals surface area contributed by atoms with E-state index in [0.717, 1.165) is 17.2 Å². The van der Waals surface area contributed by atoms with E-state index in [0.29, 0.717) is 57.8 Å². The van der Waals surface area contributed by atoms with Crippen molar-refractivity contribution in [2.75, 3.05) is 20.8 Å². The highest BCUT2D eigenvalue weighted by atomic mass is 16.7. The molecule has 1 saturated carbocycles. The SMILES string of the molecule is CC[C@@H]1/C=C(\C)C[C@H](C)C[C@H](OC)[C@H]2O[C@@](O)(C(=O)C(=O)N3CCCC[C@H]3C(=O)O[C@H](/C(C)=C/[C@H]3CC[C@H](OC(=O)CC/C=C/C(=O)O)CC3)[C@H](C)/C=C/C1=O)[C@H](C)C[C@@H]2OC. The molecule has 0 spiro atoms. The van der Waals surface area contributed by atoms with Gasteiger partial charge in [-0.2, -0.15) is 0 Å². The molecular formula is C48H71NO13. The van der Waals surface area contributed by atoms with Crippen molar-refractivity contribution in [3.63, 3.8) is 0 Å². The molecule has 10 atom stereocenters. The Bertz CT molecular complexity index is 1710. The van der Waals surface area contributed by atoms with E-state index in [9.17, 15) is 33.9 Å². The lowest BCUT2D eigenvalue weighted by Gasteiger charge is -2.47. The van der Waals surface area contributed by atoms with Crippen LogP contribution in [-0.2, 0) is 52.5 Å². The number of methoxy groups -OCH3 is 2. The molecule has 3 heterocycles. The summed E-state index contributed by atoms with van der Waals surface area (Å²) in [6.45, 7) is 11.5. The van der Waals surface area contributed by atoms with E-state index in [1.165, 1.54) is 25.2 Å². The van der Waals surface area contributed by atoms with Gasteiger partial charge in [0.1, 0.15) is 24.4 Å². The Balaban J connectivity index is 1.65. The molecule has 2 bridgehead atoms. The van der Waals surface area contributed by atoms with Gasteiger partial charge in [0.25, 0.3) is 11.7 Å². The molecule has 1 aliphatic carbocycles. The van der Waals surface area contributed by atoms with Gasteiger partial charge in [-0.05, 0) is 114 Å². The maximum absolute atomic E-state index is 14.3. The van der Waals surface area contributed by atoms with Crippen LogP contribution in [0.25, 0.3) is 0 Å². The minimum atomic E-state index is -2.50. The van der Waals surface area contributed by atoms with Gasteiger partial charge in [0, 0.05) is 51.0 Å². The van der Waals surface area contributed by atoms with Crippen LogP contribution < -0.4 is 0 Å². The molecule has 346 valence electrons. The second kappa shape index (κ2) is 23.6. The fourth-order valence-electron chi connectivity index (χ4n) is 9.53. The molecule has 4 rings (SSSR count). The molecule has 2 saturated heterocycles. The van der Waals surface area contributed by atoms with Crippen LogP contribution in [0.2, 0.25) is 0 Å². The number of carboxylic acid groups (broad SMARTS) is 1. The van der Waals surface area contributed by atoms with E-state index in [1.807, 2.05) is 33.8 Å². The van der Waals surface area contributed by atoms with Crippen molar-refractivity contribution in [2.45, 2.75) is 167 Å². The topological polar surface area (TPSA) is 192 Å². The quantitative estimate of drug-likeness (QED) is 0.103. The van der Waals surface area contributed by atoms with Crippen LogP contribution in [0.4, 0.5) is 0 Å². The Hall–Kier alpha value is -3.98. The lowest BCUT2D eigenvalue weighted by Crippen LogP contribution is -2.64. The fraction of sp³-hybridized carbons (Fsp3) is 0.708. The lowest BCUT2D eigenvalue weighted by atomic mass is 9.82. The summed E-state index contributed by atoms with van der Waals surface area (Å²) in [6.07, 6.45) is 13.2. The van der Waals surface area contributed by atoms with Gasteiger partial charge >= 0.3 is 17.9 Å². The lowest BCUT2D eigenvalue weighted by molar-refractivity contribution is -0.302. The summed E-state index contributed by atoms with van der Waals surface area (Å²) < 4.78 is 30.0. The number of nitrogens with zero attached hydrogens (tertiary/aromatic N) is 1. The van der Waals surface area contributed by atoms with E-state index in [2.05, 4.69) is 13.0 Å². The van der Waals surface area contributed by atoms with Gasteiger partial charge in [-0.3, -0.25) is 19.2 Å². The van der Waals surface area contributed by atoms with Crippen LogP contribution in [0.3, 0.4) is 0 Å². The molecule has 62 heavy (non-hydrogen) atoms. The zero-order chi connectivity index (χ0) is 45.7. The Labute approximate surface area is 367 Å². The van der Waals surface area contributed by atoms with Crippen molar-refractivity contribution in [1.82, 2.24) is 4.90 Å². The van der Waals surface area contributed by atoms with Crippen LogP contribution in [0.1, 0.15) is 125 Å². The summed E-state index contributed by atoms with van der Waals surface area (Å²) in [5.74, 6) is -8.37. The number of aliphatic carboxylic acids is 1. The van der Waals surface area contributed by atoms with Gasteiger partial charge in [-0.25, -0.2) is 9.59 Å². The van der Waals surface area contributed by atoms with Gasteiger partial charge in [0.05, 0.1) is 12.2 Å². The third kappa shape index (κ3) is 13.5. The zero-order valence-electron chi connectivity index (χ0n) is 38.0. The molecule has 0 unspecified atom stereocenters. The number of amides is 1. The van der Waals surface area contributed by atoms with Crippen molar-refractivity contribution in [3.8, 4) is 0 Å². The van der Waals surface area contributed by atoms with Crippen molar-refractivity contribution in [3.05, 3.63) is 47.6 Å². The molecule has 0 radical (unpaired) electrons. The normalized spacial score (nSPS) is 36.5. The first-order valence-electron chi connectivity index (χ1n) is 22.6. The molecule has 1 amide bonds. The van der Waals surface area contributed by atoms with Crippen LogP contribution in [-0.4, -0.2) is 114 Å². The Morgan fingerprint density at radius 3 is 2.31 bits per heavy atom. The first kappa shape index (κ1) is 50.7. The molecule has 0 aromatic heterocycles. The average molecular weight is 870 g/mol. The second-order valence-corrected chi connectivity index (χ2v) is 18.1. The highest BCUT2D eigenvalue weighted by molar-refractivity contribution is 6.39.